The Morgan fingerprint density at radius 2 is 1.38 bits per heavy atom. The fourth-order valence-electron chi connectivity index (χ4n) is 4.34. The van der Waals surface area contributed by atoms with E-state index < -0.39 is 24.6 Å². The maximum Gasteiger partial charge on any atom is 0.511 e. The van der Waals surface area contributed by atoms with Crippen molar-refractivity contribution in [3.63, 3.8) is 0 Å². The summed E-state index contributed by atoms with van der Waals surface area (Å²) in [4.78, 5) is 24.4. The van der Waals surface area contributed by atoms with E-state index in [0.29, 0.717) is 31.7 Å². The predicted octanol–water partition coefficient (Wildman–Crippen LogP) is 9.15. The summed E-state index contributed by atoms with van der Waals surface area (Å²) in [6.07, 6.45) is 17.3. The largest absolute Gasteiger partial charge is 0.511 e. The fourth-order valence-corrected chi connectivity index (χ4v) is 4.34. The lowest BCUT2D eigenvalue weighted by atomic mass is 10.1. The van der Waals surface area contributed by atoms with Crippen LogP contribution in [0, 0.1) is 0 Å². The van der Waals surface area contributed by atoms with Crippen molar-refractivity contribution < 1.29 is 28.2 Å². The van der Waals surface area contributed by atoms with Crippen molar-refractivity contribution in [2.24, 2.45) is 0 Å². The topological polar surface area (TPSA) is 66.8 Å². The Kier molecular flexibility index (Phi) is 19.6. The first-order valence-corrected chi connectivity index (χ1v) is 14.8. The molecular formula is C30H52FNO5. The van der Waals surface area contributed by atoms with Crippen LogP contribution >= 0.6 is 0 Å². The van der Waals surface area contributed by atoms with Gasteiger partial charge in [0.2, 0.25) is 6.29 Å². The average Bonchev–Trinajstić information content (AvgIpc) is 3.35. The van der Waals surface area contributed by atoms with Gasteiger partial charge in [-0.25, -0.2) is 14.0 Å². The number of hydrogen-bond acceptors (Lipinski definition) is 5. The van der Waals surface area contributed by atoms with Crippen LogP contribution < -0.4 is 0 Å². The molecule has 1 heterocycles. The molecule has 2 atom stereocenters. The second-order valence-electron chi connectivity index (χ2n) is 10.0. The Morgan fingerprint density at radius 1 is 0.811 bits per heavy atom. The summed E-state index contributed by atoms with van der Waals surface area (Å²) in [6, 6.07) is 3.35. The minimum absolute atomic E-state index is 0.291. The zero-order valence-electron chi connectivity index (χ0n) is 23.7. The lowest BCUT2D eigenvalue weighted by Crippen LogP contribution is -2.24. The molecular weight excluding hydrogens is 473 g/mol. The van der Waals surface area contributed by atoms with Gasteiger partial charge in [0.15, 0.2) is 0 Å². The van der Waals surface area contributed by atoms with E-state index in [0.717, 1.165) is 32.1 Å². The molecule has 214 valence electrons. The number of carbonyl (C=O) groups is 2. The van der Waals surface area contributed by atoms with E-state index in [1.807, 2.05) is 0 Å². The van der Waals surface area contributed by atoms with Crippen molar-refractivity contribution in [1.82, 2.24) is 4.57 Å². The van der Waals surface area contributed by atoms with Gasteiger partial charge in [-0.3, -0.25) is 0 Å². The van der Waals surface area contributed by atoms with Crippen LogP contribution in [0.5, 0.6) is 0 Å². The first kappa shape index (κ1) is 33.0. The summed E-state index contributed by atoms with van der Waals surface area (Å²) < 4.78 is 31.4. The third kappa shape index (κ3) is 17.2. The minimum Gasteiger partial charge on any atom is -0.434 e. The first-order valence-electron chi connectivity index (χ1n) is 14.8. The third-order valence-corrected chi connectivity index (χ3v) is 6.60. The maximum atomic E-state index is 14.4. The van der Waals surface area contributed by atoms with Crippen molar-refractivity contribution >= 4 is 12.1 Å². The van der Waals surface area contributed by atoms with Crippen LogP contribution in [0.15, 0.2) is 18.3 Å². The first-order chi connectivity index (χ1) is 18.0. The van der Waals surface area contributed by atoms with Gasteiger partial charge in [0.1, 0.15) is 11.9 Å². The molecule has 0 aliphatic carbocycles. The monoisotopic (exact) mass is 525 g/mol. The molecule has 1 aromatic rings. The number of unbranched alkanes of at least 4 members (excludes halogenated alkanes) is 13. The number of ether oxygens (including phenoxy) is 3. The molecule has 0 spiro atoms. The molecule has 0 fully saturated rings. The maximum absolute atomic E-state index is 14.4. The lowest BCUT2D eigenvalue weighted by Gasteiger charge is -2.15. The summed E-state index contributed by atoms with van der Waals surface area (Å²) in [6.45, 7) is 6.57. The van der Waals surface area contributed by atoms with E-state index in [9.17, 15) is 14.0 Å². The van der Waals surface area contributed by atoms with Gasteiger partial charge < -0.3 is 18.8 Å². The minimum atomic E-state index is -1.08. The van der Waals surface area contributed by atoms with Gasteiger partial charge in [-0.1, -0.05) is 104 Å². The van der Waals surface area contributed by atoms with Gasteiger partial charge >= 0.3 is 12.1 Å². The molecule has 0 bridgehead atoms. The highest BCUT2D eigenvalue weighted by molar-refractivity contribution is 5.87. The number of rotatable bonds is 23. The van der Waals surface area contributed by atoms with Crippen LogP contribution in [0.2, 0.25) is 0 Å². The Labute approximate surface area is 224 Å². The van der Waals surface area contributed by atoms with Gasteiger partial charge in [0.05, 0.1) is 6.61 Å². The number of carbonyl (C=O) groups excluding carboxylic acids is 2. The molecule has 7 heteroatoms. The molecule has 0 N–H and O–H groups in total. The van der Waals surface area contributed by atoms with Gasteiger partial charge in [0, 0.05) is 19.7 Å². The van der Waals surface area contributed by atoms with Crippen LogP contribution in [0.25, 0.3) is 0 Å². The van der Waals surface area contributed by atoms with E-state index >= 15 is 0 Å². The molecule has 0 saturated heterocycles. The Bertz CT molecular complexity index is 708. The summed E-state index contributed by atoms with van der Waals surface area (Å²) in [5, 5.41) is 0. The Hall–Kier alpha value is -2.05. The second-order valence-corrected chi connectivity index (χ2v) is 10.0. The van der Waals surface area contributed by atoms with Gasteiger partial charge in [-0.05, 0) is 31.4 Å². The molecule has 37 heavy (non-hydrogen) atoms. The normalized spacial score (nSPS) is 12.8. The van der Waals surface area contributed by atoms with E-state index in [1.54, 1.807) is 22.9 Å². The molecule has 2 unspecified atom stereocenters. The van der Waals surface area contributed by atoms with Gasteiger partial charge in [0.25, 0.3) is 0 Å². The molecule has 0 aromatic carbocycles. The second kappa shape index (κ2) is 22.0. The zero-order chi connectivity index (χ0) is 27.1. The zero-order valence-corrected chi connectivity index (χ0v) is 23.7. The average molecular weight is 526 g/mol. The molecule has 0 saturated carbocycles. The highest BCUT2D eigenvalue weighted by Gasteiger charge is 2.19. The van der Waals surface area contributed by atoms with Crippen LogP contribution in [0.3, 0.4) is 0 Å². The Balaban J connectivity index is 2.21. The van der Waals surface area contributed by atoms with E-state index in [-0.39, 0.29) is 0 Å². The molecule has 1 rings (SSSR count). The fraction of sp³-hybridized carbons (Fsp3) is 0.800. The predicted molar refractivity (Wildman–Crippen MR) is 146 cm³/mol. The Morgan fingerprint density at radius 3 is 2.00 bits per heavy atom. The highest BCUT2D eigenvalue weighted by Crippen LogP contribution is 2.16. The smallest absolute Gasteiger partial charge is 0.434 e. The summed E-state index contributed by atoms with van der Waals surface area (Å²) in [5.41, 5.74) is 0.311. The van der Waals surface area contributed by atoms with Gasteiger partial charge in [-0.15, -0.1) is 0 Å². The quantitative estimate of drug-likeness (QED) is 0.0809. The van der Waals surface area contributed by atoms with Crippen molar-refractivity contribution in [2.75, 3.05) is 6.61 Å². The van der Waals surface area contributed by atoms with Crippen LogP contribution in [0.4, 0.5) is 9.18 Å². The number of aryl methyl sites for hydroxylation is 1. The van der Waals surface area contributed by atoms with Crippen molar-refractivity contribution in [1.29, 1.82) is 0 Å². The molecule has 0 amide bonds. The third-order valence-electron chi connectivity index (χ3n) is 6.60. The van der Waals surface area contributed by atoms with Crippen molar-refractivity contribution in [3.05, 3.63) is 24.0 Å². The molecule has 1 aromatic heterocycles. The van der Waals surface area contributed by atoms with E-state index in [2.05, 4.69) is 13.8 Å². The molecule has 6 nitrogen and oxygen atoms in total. The summed E-state index contributed by atoms with van der Waals surface area (Å²) >= 11 is 0. The van der Waals surface area contributed by atoms with Crippen LogP contribution in [0.1, 0.15) is 140 Å². The number of halogens is 1. The highest BCUT2D eigenvalue weighted by atomic mass is 19.1. The van der Waals surface area contributed by atoms with E-state index in [1.165, 1.54) is 71.1 Å². The van der Waals surface area contributed by atoms with Crippen molar-refractivity contribution in [3.8, 4) is 0 Å². The number of esters is 1. The number of hydrogen-bond donors (Lipinski definition) is 0. The van der Waals surface area contributed by atoms with E-state index in [4.69, 9.17) is 14.2 Å². The number of alkyl halides is 1. The standard InChI is InChI=1S/C30H52FNO5/c1-4-6-8-10-12-13-15-17-20-27(31)22-24-32-23-19-21-28(32)29(33)36-26(3)37-30(34)35-25-18-16-14-11-9-7-5-2/h19,21,23,26-27H,4-18,20,22,24-25H2,1-3H3. The number of nitrogens with zero attached hydrogens (tertiary/aromatic N) is 1. The van der Waals surface area contributed by atoms with Crippen LogP contribution in [-0.2, 0) is 20.8 Å². The summed E-state index contributed by atoms with van der Waals surface area (Å²) in [5.74, 6) is -0.615. The van der Waals surface area contributed by atoms with Gasteiger partial charge in [-0.2, -0.15) is 0 Å². The number of aromatic nitrogens is 1. The van der Waals surface area contributed by atoms with Crippen LogP contribution in [-0.4, -0.2) is 35.8 Å². The molecule has 0 aliphatic rings. The lowest BCUT2D eigenvalue weighted by molar-refractivity contribution is -0.0825. The molecule has 0 aliphatic heterocycles. The summed E-state index contributed by atoms with van der Waals surface area (Å²) in [7, 11) is 0. The SMILES string of the molecule is CCCCCCCCCCC(F)CCn1cccc1C(=O)OC(C)OC(=O)OCCCCCCCCC. The van der Waals surface area contributed by atoms with Crippen molar-refractivity contribution in [2.45, 2.75) is 149 Å². The molecule has 0 radical (unpaired) electrons.